The number of aliphatic hydroxyl groups is 1. The number of rotatable bonds is 11. The summed E-state index contributed by atoms with van der Waals surface area (Å²) in [5.41, 5.74) is 10.3. The molecule has 2 atom stereocenters. The average Bonchev–Trinajstić information content (AvgIpc) is 3.88. The number of carbonyl (C=O) groups is 1. The number of β-amino-alcohol motifs (C(OH)–C–C–N with tert-alkyl or cyclic N) is 1. The zero-order valence-corrected chi connectivity index (χ0v) is 30.3. The molecule has 0 spiro atoms. The van der Waals surface area contributed by atoms with Crippen molar-refractivity contribution >= 4 is 47.0 Å². The molecule has 0 saturated carbocycles. The van der Waals surface area contributed by atoms with E-state index in [2.05, 4.69) is 64.9 Å². The standard InChI is InChI=1S/C42H41ClN4O5/c1-26-17-31(22-47-15-13-32(49)23-47)39(50-4)20-30(26)12-11-29-7-5-8-34(27(29)2)35-9-6-10-36(40(35)43)42-45-38-19-28(18-37(44-3)41(38)52-42)21-46-16-14-33(24-46)51-25-48/h5-12,17-20,25,32-33,49H,13-16,21-24H2,1-2,4H3/b12-11+/t32-,33-/m1/s1. The van der Waals surface area contributed by atoms with Gasteiger partial charge < -0.3 is 19.0 Å². The first kappa shape index (κ1) is 35.4. The van der Waals surface area contributed by atoms with Crippen LogP contribution in [0.3, 0.4) is 0 Å². The zero-order valence-electron chi connectivity index (χ0n) is 29.6. The van der Waals surface area contributed by atoms with Crippen molar-refractivity contribution in [3.05, 3.63) is 110 Å². The van der Waals surface area contributed by atoms with Crippen LogP contribution >= 0.6 is 11.6 Å². The molecule has 0 aliphatic carbocycles. The number of aliphatic hydroxyl groups excluding tert-OH is 1. The minimum Gasteiger partial charge on any atom is -0.496 e. The molecule has 10 heteroatoms. The molecule has 1 N–H and O–H groups in total. The van der Waals surface area contributed by atoms with Gasteiger partial charge in [0.25, 0.3) is 6.47 Å². The van der Waals surface area contributed by atoms with Crippen LogP contribution in [-0.4, -0.2) is 71.9 Å². The van der Waals surface area contributed by atoms with Gasteiger partial charge in [-0.25, -0.2) is 9.83 Å². The maximum Gasteiger partial charge on any atom is 0.293 e. The predicted octanol–water partition coefficient (Wildman–Crippen LogP) is 8.48. The van der Waals surface area contributed by atoms with Gasteiger partial charge in [-0.15, -0.1) is 0 Å². The van der Waals surface area contributed by atoms with Gasteiger partial charge in [-0.3, -0.25) is 14.6 Å². The van der Waals surface area contributed by atoms with Crippen LogP contribution in [0, 0.1) is 20.4 Å². The van der Waals surface area contributed by atoms with Crippen molar-refractivity contribution < 1.29 is 23.8 Å². The second-order valence-corrected chi connectivity index (χ2v) is 14.1. The number of carbonyl (C=O) groups excluding carboxylic acids is 1. The van der Waals surface area contributed by atoms with E-state index in [0.717, 1.165) is 82.7 Å². The summed E-state index contributed by atoms with van der Waals surface area (Å²) in [6.45, 7) is 16.9. The Bertz CT molecular complexity index is 2210. The first-order valence-corrected chi connectivity index (χ1v) is 17.9. The summed E-state index contributed by atoms with van der Waals surface area (Å²) in [6, 6.07) is 20.1. The number of hydrogen-bond donors (Lipinski definition) is 1. The molecule has 5 aromatic rings. The van der Waals surface area contributed by atoms with Crippen LogP contribution < -0.4 is 4.74 Å². The molecule has 1 aromatic heterocycles. The van der Waals surface area contributed by atoms with Crippen molar-refractivity contribution in [1.29, 1.82) is 0 Å². The van der Waals surface area contributed by atoms with E-state index >= 15 is 0 Å². The highest BCUT2D eigenvalue weighted by Gasteiger charge is 2.25. The van der Waals surface area contributed by atoms with E-state index in [1.807, 2.05) is 36.4 Å². The lowest BCUT2D eigenvalue weighted by Crippen LogP contribution is -2.22. The fourth-order valence-electron chi connectivity index (χ4n) is 7.41. The summed E-state index contributed by atoms with van der Waals surface area (Å²) in [4.78, 5) is 23.8. The number of methoxy groups -OCH3 is 1. The molecule has 0 unspecified atom stereocenters. The number of nitrogens with zero attached hydrogens (tertiary/aromatic N) is 4. The number of halogens is 1. The van der Waals surface area contributed by atoms with E-state index in [1.54, 1.807) is 7.11 Å². The Morgan fingerprint density at radius 2 is 1.73 bits per heavy atom. The van der Waals surface area contributed by atoms with Gasteiger partial charge in [0.2, 0.25) is 11.6 Å². The van der Waals surface area contributed by atoms with Crippen molar-refractivity contribution in [2.75, 3.05) is 33.3 Å². The summed E-state index contributed by atoms with van der Waals surface area (Å²) in [5.74, 6) is 1.19. The number of ether oxygens (including phenoxy) is 2. The molecule has 2 fully saturated rings. The molecule has 0 bridgehead atoms. The summed E-state index contributed by atoms with van der Waals surface area (Å²) in [6.07, 6.45) is 5.47. The molecule has 9 nitrogen and oxygen atoms in total. The second kappa shape index (κ2) is 15.3. The van der Waals surface area contributed by atoms with Crippen LogP contribution in [0.5, 0.6) is 5.75 Å². The largest absolute Gasteiger partial charge is 0.496 e. The molecule has 266 valence electrons. The molecular weight excluding hydrogens is 676 g/mol. The third-order valence-electron chi connectivity index (χ3n) is 10.2. The van der Waals surface area contributed by atoms with E-state index in [9.17, 15) is 9.90 Å². The van der Waals surface area contributed by atoms with Crippen molar-refractivity contribution in [2.45, 2.75) is 52.0 Å². The smallest absolute Gasteiger partial charge is 0.293 e. The second-order valence-electron chi connectivity index (χ2n) is 13.7. The Morgan fingerprint density at radius 3 is 2.50 bits per heavy atom. The molecular formula is C42H41ClN4O5. The third-order valence-corrected chi connectivity index (χ3v) is 10.6. The summed E-state index contributed by atoms with van der Waals surface area (Å²) >= 11 is 7.15. The maximum absolute atomic E-state index is 10.8. The average molecular weight is 717 g/mol. The van der Waals surface area contributed by atoms with E-state index in [0.29, 0.717) is 59.4 Å². The molecule has 0 amide bonds. The van der Waals surface area contributed by atoms with Gasteiger partial charge >= 0.3 is 0 Å². The Labute approximate surface area is 308 Å². The van der Waals surface area contributed by atoms with Crippen molar-refractivity contribution in [1.82, 2.24) is 14.8 Å². The quantitative estimate of drug-likeness (QED) is 0.0827. The van der Waals surface area contributed by atoms with Crippen molar-refractivity contribution in [3.8, 4) is 28.3 Å². The van der Waals surface area contributed by atoms with Gasteiger partial charge in [0.1, 0.15) is 11.9 Å². The lowest BCUT2D eigenvalue weighted by Gasteiger charge is -2.18. The van der Waals surface area contributed by atoms with Crippen LogP contribution in [0.2, 0.25) is 5.02 Å². The Kier molecular flexibility index (Phi) is 10.4. The number of oxazole rings is 1. The van der Waals surface area contributed by atoms with Crippen LogP contribution in [0.4, 0.5) is 5.69 Å². The maximum atomic E-state index is 10.8. The summed E-state index contributed by atoms with van der Waals surface area (Å²) in [7, 11) is 1.70. The molecule has 7 rings (SSSR count). The predicted molar refractivity (Wildman–Crippen MR) is 204 cm³/mol. The fraction of sp³-hybridized carbons (Fsp3) is 0.310. The number of fused-ring (bicyclic) bond motifs is 1. The van der Waals surface area contributed by atoms with Gasteiger partial charge in [-0.2, -0.15) is 0 Å². The van der Waals surface area contributed by atoms with E-state index in [1.165, 1.54) is 0 Å². The minimum absolute atomic E-state index is 0.108. The molecule has 52 heavy (non-hydrogen) atoms. The van der Waals surface area contributed by atoms with E-state index in [-0.39, 0.29) is 12.2 Å². The van der Waals surface area contributed by atoms with Gasteiger partial charge in [0.15, 0.2) is 5.58 Å². The highest BCUT2D eigenvalue weighted by molar-refractivity contribution is 6.36. The highest BCUT2D eigenvalue weighted by Crippen LogP contribution is 2.41. The Morgan fingerprint density at radius 1 is 0.981 bits per heavy atom. The number of aromatic nitrogens is 1. The molecule has 2 aliphatic rings. The molecule has 0 radical (unpaired) electrons. The first-order chi connectivity index (χ1) is 25.2. The van der Waals surface area contributed by atoms with Crippen molar-refractivity contribution in [3.63, 3.8) is 0 Å². The van der Waals surface area contributed by atoms with Crippen LogP contribution in [-0.2, 0) is 22.6 Å². The Hall–Kier alpha value is -4.98. The molecule has 4 aromatic carbocycles. The molecule has 2 saturated heterocycles. The SMILES string of the molecule is [C-]#[N+]c1cc(CN2CC[C@@H](OC=O)C2)cc2nc(-c3cccc(-c4cccc(/C=C/c5cc(OC)c(CN6CC[C@@H](O)C6)cc5C)c4C)c3Cl)oc12. The number of likely N-dealkylation sites (tertiary alicyclic amines) is 2. The van der Waals surface area contributed by atoms with Crippen LogP contribution in [0.15, 0.2) is 65.1 Å². The summed E-state index contributed by atoms with van der Waals surface area (Å²) < 4.78 is 17.2. The zero-order chi connectivity index (χ0) is 36.4. The van der Waals surface area contributed by atoms with E-state index in [4.69, 9.17) is 37.0 Å². The lowest BCUT2D eigenvalue weighted by atomic mass is 9.94. The minimum atomic E-state index is -0.257. The normalized spacial score (nSPS) is 18.0. The highest BCUT2D eigenvalue weighted by atomic mass is 35.5. The monoisotopic (exact) mass is 716 g/mol. The number of aryl methyl sites for hydroxylation is 1. The van der Waals surface area contributed by atoms with Crippen LogP contribution in [0.1, 0.15) is 46.2 Å². The van der Waals surface area contributed by atoms with Gasteiger partial charge in [-0.05, 0) is 84.3 Å². The first-order valence-electron chi connectivity index (χ1n) is 17.5. The number of hydrogen-bond acceptors (Lipinski definition) is 8. The lowest BCUT2D eigenvalue weighted by molar-refractivity contribution is -0.132. The molecule has 2 aliphatic heterocycles. The fourth-order valence-corrected chi connectivity index (χ4v) is 7.72. The number of benzene rings is 4. The van der Waals surface area contributed by atoms with Gasteiger partial charge in [-0.1, -0.05) is 60.2 Å². The Balaban J connectivity index is 1.15. The van der Waals surface area contributed by atoms with E-state index < -0.39 is 0 Å². The van der Waals surface area contributed by atoms with Gasteiger partial charge in [0.05, 0.1) is 35.9 Å². The molecule has 3 heterocycles. The summed E-state index contributed by atoms with van der Waals surface area (Å²) in [5, 5.41) is 10.5. The third kappa shape index (κ3) is 7.34. The van der Waals surface area contributed by atoms with Crippen LogP contribution in [0.25, 0.3) is 50.7 Å². The van der Waals surface area contributed by atoms with Crippen molar-refractivity contribution in [2.24, 2.45) is 0 Å². The van der Waals surface area contributed by atoms with Gasteiger partial charge in [0, 0.05) is 50.4 Å². The topological polar surface area (TPSA) is 92.6 Å².